The molecule has 0 saturated carbocycles. The van der Waals surface area contributed by atoms with E-state index in [1.54, 1.807) is 0 Å². The second-order valence-electron chi connectivity index (χ2n) is 8.30. The molecule has 30 heavy (non-hydrogen) atoms. The normalized spacial score (nSPS) is 18.4. The first-order valence-electron chi connectivity index (χ1n) is 10.6. The van der Waals surface area contributed by atoms with Crippen LogP contribution in [0.15, 0.2) is 96.1 Å². The molecule has 0 amide bonds. The molecule has 0 saturated heterocycles. The fourth-order valence-electron chi connectivity index (χ4n) is 4.95. The van der Waals surface area contributed by atoms with E-state index in [1.165, 1.54) is 54.9 Å². The fraction of sp³-hybridized carbons (Fsp3) is 0.143. The van der Waals surface area contributed by atoms with Crippen LogP contribution in [0.25, 0.3) is 16.3 Å². The van der Waals surface area contributed by atoms with Gasteiger partial charge in [-0.25, -0.2) is 0 Å². The van der Waals surface area contributed by atoms with Crippen LogP contribution in [-0.2, 0) is 0 Å². The third-order valence-electron chi connectivity index (χ3n) is 6.44. The average molecular weight is 425 g/mol. The molecule has 0 bridgehead atoms. The zero-order chi connectivity index (χ0) is 20.7. The van der Waals surface area contributed by atoms with Crippen LogP contribution in [0.2, 0.25) is 0 Å². The van der Waals surface area contributed by atoms with Crippen LogP contribution in [0.4, 0.5) is 0 Å². The van der Waals surface area contributed by atoms with Crippen LogP contribution in [0.3, 0.4) is 0 Å². The first-order valence-corrected chi connectivity index (χ1v) is 13.4. The summed E-state index contributed by atoms with van der Waals surface area (Å²) in [6.45, 7) is 4.45. The third kappa shape index (κ3) is 3.23. The van der Waals surface area contributed by atoms with Crippen molar-refractivity contribution in [1.29, 1.82) is 0 Å². The number of hydrogen-bond donors (Lipinski definition) is 0. The predicted octanol–water partition coefficient (Wildman–Crippen LogP) is 6.40. The summed E-state index contributed by atoms with van der Waals surface area (Å²) in [7, 11) is -0.734. The van der Waals surface area contributed by atoms with Crippen molar-refractivity contribution in [3.63, 3.8) is 0 Å². The van der Waals surface area contributed by atoms with E-state index in [-0.39, 0.29) is 5.92 Å². The smallest absolute Gasteiger partial charge is 0.156 e. The van der Waals surface area contributed by atoms with Crippen LogP contribution in [-0.4, -0.2) is 8.83 Å². The molecule has 0 spiro atoms. The lowest BCUT2D eigenvalue weighted by molar-refractivity contribution is 1.04. The highest BCUT2D eigenvalue weighted by Gasteiger charge is 2.31. The summed E-state index contributed by atoms with van der Waals surface area (Å²) in [5, 5.41) is 3.99. The van der Waals surface area contributed by atoms with E-state index >= 15 is 0 Å². The Morgan fingerprint density at radius 1 is 0.967 bits per heavy atom. The van der Waals surface area contributed by atoms with Gasteiger partial charge in [0.1, 0.15) is 0 Å². The van der Waals surface area contributed by atoms with Gasteiger partial charge in [0.25, 0.3) is 0 Å². The first kappa shape index (κ1) is 19.4. The second-order valence-corrected chi connectivity index (χ2v) is 10.1. The molecule has 0 radical (unpaired) electrons. The van der Waals surface area contributed by atoms with Crippen LogP contribution in [0, 0.1) is 13.8 Å². The molecule has 0 nitrogen and oxygen atoms in total. The zero-order valence-corrected chi connectivity index (χ0v) is 19.6. The summed E-state index contributed by atoms with van der Waals surface area (Å²) < 4.78 is 0. The summed E-state index contributed by atoms with van der Waals surface area (Å²) in [6, 6.07) is 20.1. The molecular weight excluding hydrogens is 400 g/mol. The number of fused-ring (bicyclic) bond motifs is 1. The van der Waals surface area contributed by atoms with E-state index in [0.29, 0.717) is 0 Å². The van der Waals surface area contributed by atoms with Gasteiger partial charge in [0, 0.05) is 5.92 Å². The number of halogens is 1. The molecule has 2 heteroatoms. The highest BCUT2D eigenvalue weighted by molar-refractivity contribution is 7.01. The van der Waals surface area contributed by atoms with Gasteiger partial charge in [0.05, 0.1) is 0 Å². The number of hydrogen-bond acceptors (Lipinski definition) is 0. The number of benzene rings is 3. The molecular formula is C28H25ClSi. The average Bonchev–Trinajstić information content (AvgIpc) is 2.95. The molecule has 3 aromatic rings. The Morgan fingerprint density at radius 2 is 1.83 bits per heavy atom. The van der Waals surface area contributed by atoms with E-state index < -0.39 is 8.83 Å². The summed E-state index contributed by atoms with van der Waals surface area (Å²) in [6.07, 6.45) is 12.4. The van der Waals surface area contributed by atoms with Gasteiger partial charge in [0.2, 0.25) is 0 Å². The fourth-order valence-corrected chi connectivity index (χ4v) is 6.45. The van der Waals surface area contributed by atoms with Gasteiger partial charge in [-0.2, -0.15) is 11.1 Å². The van der Waals surface area contributed by atoms with E-state index in [4.69, 9.17) is 11.1 Å². The van der Waals surface area contributed by atoms with E-state index in [9.17, 15) is 0 Å². The van der Waals surface area contributed by atoms with E-state index in [0.717, 1.165) is 6.42 Å². The Morgan fingerprint density at radius 3 is 2.70 bits per heavy atom. The number of aryl methyl sites for hydroxylation is 1. The SMILES string of the molecule is Cc1cc(C2=CC3=C(C=CC=CC3)C2c2cccc([SiH2]Cl)c2C)c2ccccc2c1. The molecule has 148 valence electrons. The highest BCUT2D eigenvalue weighted by atomic mass is 35.6. The first-order chi connectivity index (χ1) is 14.7. The summed E-state index contributed by atoms with van der Waals surface area (Å²) in [5.74, 6) is 0.249. The standard InChI is InChI=1S/C28H25ClSi/c1-18-15-20-10-6-7-11-23(20)25(16-18)26-17-21-9-4-3-5-12-24(21)28(26)22-13-8-14-27(30-29)19(22)2/h3-8,10-17,28H,9,30H2,1-2H3. The second kappa shape index (κ2) is 7.90. The highest BCUT2D eigenvalue weighted by Crippen LogP contribution is 2.49. The maximum absolute atomic E-state index is 6.41. The molecule has 0 fully saturated rings. The van der Waals surface area contributed by atoms with Crippen molar-refractivity contribution in [3.8, 4) is 0 Å². The quantitative estimate of drug-likeness (QED) is 0.337. The third-order valence-corrected chi connectivity index (χ3v) is 8.36. The Bertz CT molecular complexity index is 1270. The van der Waals surface area contributed by atoms with Crippen molar-refractivity contribution >= 4 is 41.4 Å². The minimum Gasteiger partial charge on any atom is -0.170 e. The maximum atomic E-state index is 6.41. The molecule has 3 aromatic carbocycles. The van der Waals surface area contributed by atoms with Gasteiger partial charge >= 0.3 is 0 Å². The molecule has 2 aliphatic carbocycles. The monoisotopic (exact) mass is 424 g/mol. The zero-order valence-electron chi connectivity index (χ0n) is 17.5. The minimum atomic E-state index is -0.734. The van der Waals surface area contributed by atoms with E-state index in [1.807, 2.05) is 0 Å². The Labute approximate surface area is 185 Å². The number of allylic oxidation sites excluding steroid dienone is 8. The van der Waals surface area contributed by atoms with Crippen molar-refractivity contribution < 1.29 is 0 Å². The molecule has 0 aliphatic heterocycles. The van der Waals surface area contributed by atoms with Crippen LogP contribution in [0.1, 0.15) is 34.6 Å². The maximum Gasteiger partial charge on any atom is 0.156 e. The van der Waals surface area contributed by atoms with Crippen molar-refractivity contribution in [2.75, 3.05) is 0 Å². The Kier molecular flexibility index (Phi) is 5.10. The summed E-state index contributed by atoms with van der Waals surface area (Å²) >= 11 is 6.41. The van der Waals surface area contributed by atoms with Gasteiger partial charge in [-0.3, -0.25) is 0 Å². The topological polar surface area (TPSA) is 0 Å². The Balaban J connectivity index is 1.77. The predicted molar refractivity (Wildman–Crippen MR) is 135 cm³/mol. The largest absolute Gasteiger partial charge is 0.170 e. The minimum absolute atomic E-state index is 0.249. The molecule has 0 N–H and O–H groups in total. The lowest BCUT2D eigenvalue weighted by Crippen LogP contribution is -2.17. The van der Waals surface area contributed by atoms with Crippen molar-refractivity contribution in [2.45, 2.75) is 26.2 Å². The molecule has 0 aromatic heterocycles. The van der Waals surface area contributed by atoms with Crippen LogP contribution in [0.5, 0.6) is 0 Å². The van der Waals surface area contributed by atoms with Gasteiger partial charge in [-0.05, 0) is 75.2 Å². The molecule has 2 aliphatic rings. The molecule has 1 atom stereocenters. The lowest BCUT2D eigenvalue weighted by atomic mass is 9.81. The van der Waals surface area contributed by atoms with E-state index in [2.05, 4.69) is 98.8 Å². The van der Waals surface area contributed by atoms with Crippen molar-refractivity contribution in [1.82, 2.24) is 0 Å². The van der Waals surface area contributed by atoms with Crippen LogP contribution < -0.4 is 5.19 Å². The van der Waals surface area contributed by atoms with Crippen molar-refractivity contribution in [2.24, 2.45) is 0 Å². The van der Waals surface area contributed by atoms with Gasteiger partial charge < -0.3 is 0 Å². The van der Waals surface area contributed by atoms with Gasteiger partial charge in [-0.15, -0.1) is 0 Å². The lowest BCUT2D eigenvalue weighted by Gasteiger charge is -2.23. The van der Waals surface area contributed by atoms with Gasteiger partial charge in [-0.1, -0.05) is 85.0 Å². The summed E-state index contributed by atoms with van der Waals surface area (Å²) in [4.78, 5) is 0. The van der Waals surface area contributed by atoms with Crippen molar-refractivity contribution in [3.05, 3.63) is 118 Å². The number of rotatable bonds is 3. The summed E-state index contributed by atoms with van der Waals surface area (Å²) in [5.41, 5.74) is 9.70. The Hall–Kier alpha value is -2.61. The molecule has 0 heterocycles. The van der Waals surface area contributed by atoms with Gasteiger partial charge in [0.15, 0.2) is 8.83 Å². The molecule has 5 rings (SSSR count). The molecule has 1 unspecified atom stereocenters. The van der Waals surface area contributed by atoms with Crippen LogP contribution >= 0.6 is 11.1 Å².